The Hall–Kier alpha value is -1.60. The Morgan fingerprint density at radius 3 is 2.61 bits per heavy atom. The molecule has 2 aromatic rings. The van der Waals surface area contributed by atoms with Crippen LogP contribution in [0.1, 0.15) is 11.5 Å². The van der Waals surface area contributed by atoms with Gasteiger partial charge in [-0.05, 0) is 26.0 Å². The van der Waals surface area contributed by atoms with E-state index in [2.05, 4.69) is 19.7 Å². The lowest BCUT2D eigenvalue weighted by Gasteiger charge is -2.08. The number of anilines is 1. The number of aromatic amines is 1. The van der Waals surface area contributed by atoms with Gasteiger partial charge in [0.25, 0.3) is 10.0 Å². The molecule has 96 valence electrons. The highest BCUT2D eigenvalue weighted by Gasteiger charge is 2.17. The van der Waals surface area contributed by atoms with E-state index >= 15 is 0 Å². The number of sulfonamides is 1. The van der Waals surface area contributed by atoms with E-state index in [1.165, 1.54) is 12.3 Å². The second-order valence-electron chi connectivity index (χ2n) is 3.71. The SMILES string of the molecule is Cc1ncc(S(=O)(=O)Nc2ccc(Cl)nc2C)[nH]1. The van der Waals surface area contributed by atoms with Crippen LogP contribution in [0, 0.1) is 13.8 Å². The number of nitrogens with one attached hydrogen (secondary N) is 2. The average Bonchev–Trinajstić information content (AvgIpc) is 2.70. The van der Waals surface area contributed by atoms with Crippen LogP contribution in [0.3, 0.4) is 0 Å². The Kier molecular flexibility index (Phi) is 3.27. The topological polar surface area (TPSA) is 87.7 Å². The fourth-order valence-corrected chi connectivity index (χ4v) is 2.65. The first-order valence-electron chi connectivity index (χ1n) is 5.06. The van der Waals surface area contributed by atoms with Crippen LogP contribution in [0.15, 0.2) is 23.4 Å². The third-order valence-corrected chi connectivity index (χ3v) is 3.75. The predicted octanol–water partition coefficient (Wildman–Crippen LogP) is 1.88. The van der Waals surface area contributed by atoms with Gasteiger partial charge >= 0.3 is 0 Å². The molecule has 8 heteroatoms. The molecule has 0 radical (unpaired) electrons. The van der Waals surface area contributed by atoms with Crippen LogP contribution in [0.2, 0.25) is 5.15 Å². The monoisotopic (exact) mass is 286 g/mol. The molecule has 0 amide bonds. The summed E-state index contributed by atoms with van der Waals surface area (Å²) in [4.78, 5) is 10.5. The highest BCUT2D eigenvalue weighted by molar-refractivity contribution is 7.92. The van der Waals surface area contributed by atoms with E-state index in [0.717, 1.165) is 0 Å². The standard InChI is InChI=1S/C10H11ClN4O2S/c1-6-8(3-4-9(11)13-6)15-18(16,17)10-5-12-7(2)14-10/h3-5,15H,1-2H3,(H,12,14). The molecule has 0 bridgehead atoms. The number of aromatic nitrogens is 3. The lowest BCUT2D eigenvalue weighted by Crippen LogP contribution is -2.14. The van der Waals surface area contributed by atoms with Crippen molar-refractivity contribution in [2.45, 2.75) is 18.9 Å². The number of pyridine rings is 1. The Bertz CT molecular complexity index is 681. The normalized spacial score (nSPS) is 11.5. The van der Waals surface area contributed by atoms with Gasteiger partial charge in [-0.1, -0.05) is 11.6 Å². The lowest BCUT2D eigenvalue weighted by atomic mass is 10.3. The summed E-state index contributed by atoms with van der Waals surface area (Å²) in [6.45, 7) is 3.34. The Morgan fingerprint density at radius 2 is 2.06 bits per heavy atom. The van der Waals surface area contributed by atoms with Gasteiger partial charge in [-0.15, -0.1) is 0 Å². The van der Waals surface area contributed by atoms with E-state index in [9.17, 15) is 8.42 Å². The molecule has 0 aliphatic heterocycles. The van der Waals surface area contributed by atoms with Gasteiger partial charge in [-0.25, -0.2) is 9.97 Å². The maximum Gasteiger partial charge on any atom is 0.279 e. The zero-order valence-electron chi connectivity index (χ0n) is 9.73. The molecular formula is C10H11ClN4O2S. The number of nitrogens with zero attached hydrogens (tertiary/aromatic N) is 2. The summed E-state index contributed by atoms with van der Waals surface area (Å²) in [5.41, 5.74) is 0.883. The van der Waals surface area contributed by atoms with E-state index in [1.54, 1.807) is 19.9 Å². The zero-order valence-corrected chi connectivity index (χ0v) is 11.3. The molecular weight excluding hydrogens is 276 g/mol. The van der Waals surface area contributed by atoms with Crippen molar-refractivity contribution in [3.8, 4) is 0 Å². The first-order valence-corrected chi connectivity index (χ1v) is 6.92. The molecule has 2 N–H and O–H groups in total. The summed E-state index contributed by atoms with van der Waals surface area (Å²) >= 11 is 5.70. The van der Waals surface area contributed by atoms with Crippen LogP contribution in [-0.2, 0) is 10.0 Å². The van der Waals surface area contributed by atoms with Crippen molar-refractivity contribution >= 4 is 27.3 Å². The van der Waals surface area contributed by atoms with E-state index in [4.69, 9.17) is 11.6 Å². The molecule has 0 aliphatic carbocycles. The van der Waals surface area contributed by atoms with Crippen LogP contribution in [0.4, 0.5) is 5.69 Å². The third-order valence-electron chi connectivity index (χ3n) is 2.27. The van der Waals surface area contributed by atoms with Crippen molar-refractivity contribution in [3.63, 3.8) is 0 Å². The molecule has 6 nitrogen and oxygen atoms in total. The fourth-order valence-electron chi connectivity index (χ4n) is 1.37. The van der Waals surface area contributed by atoms with Crippen molar-refractivity contribution in [1.82, 2.24) is 15.0 Å². The summed E-state index contributed by atoms with van der Waals surface area (Å²) in [7, 11) is -3.68. The van der Waals surface area contributed by atoms with Crippen LogP contribution < -0.4 is 4.72 Å². The summed E-state index contributed by atoms with van der Waals surface area (Å²) in [5, 5.41) is 0.321. The van der Waals surface area contributed by atoms with Gasteiger partial charge in [0.05, 0.1) is 17.6 Å². The predicted molar refractivity (Wildman–Crippen MR) is 68.1 cm³/mol. The maximum atomic E-state index is 12.0. The average molecular weight is 287 g/mol. The van der Waals surface area contributed by atoms with Crippen LogP contribution >= 0.6 is 11.6 Å². The molecule has 18 heavy (non-hydrogen) atoms. The largest absolute Gasteiger partial charge is 0.332 e. The van der Waals surface area contributed by atoms with Crippen LogP contribution in [-0.4, -0.2) is 23.4 Å². The maximum absolute atomic E-state index is 12.0. The third kappa shape index (κ3) is 2.62. The molecule has 0 saturated heterocycles. The van der Waals surface area contributed by atoms with Crippen molar-refractivity contribution in [3.05, 3.63) is 35.0 Å². The Labute approximate surface area is 109 Å². The minimum absolute atomic E-state index is 0.00866. The Balaban J connectivity index is 2.33. The molecule has 2 aromatic heterocycles. The van der Waals surface area contributed by atoms with Gasteiger partial charge in [0.15, 0.2) is 5.03 Å². The number of hydrogen-bond acceptors (Lipinski definition) is 4. The molecule has 2 heterocycles. The second kappa shape index (κ2) is 4.58. The molecule has 0 unspecified atom stereocenters. The van der Waals surface area contributed by atoms with Gasteiger partial charge in [-0.2, -0.15) is 8.42 Å². The van der Waals surface area contributed by atoms with E-state index in [1.807, 2.05) is 0 Å². The number of hydrogen-bond donors (Lipinski definition) is 2. The summed E-state index contributed by atoms with van der Waals surface area (Å²) in [5.74, 6) is 0.529. The van der Waals surface area contributed by atoms with Crippen LogP contribution in [0.5, 0.6) is 0 Å². The first kappa shape index (κ1) is 12.8. The van der Waals surface area contributed by atoms with Crippen LogP contribution in [0.25, 0.3) is 0 Å². The summed E-state index contributed by atoms with van der Waals surface area (Å²) in [6.07, 6.45) is 1.26. The number of rotatable bonds is 3. The lowest BCUT2D eigenvalue weighted by molar-refractivity contribution is 0.598. The minimum atomic E-state index is -3.68. The smallest absolute Gasteiger partial charge is 0.279 e. The molecule has 0 atom stereocenters. The number of imidazole rings is 1. The minimum Gasteiger partial charge on any atom is -0.332 e. The molecule has 2 rings (SSSR count). The highest BCUT2D eigenvalue weighted by atomic mass is 35.5. The van der Waals surface area contributed by atoms with Crippen molar-refractivity contribution < 1.29 is 8.42 Å². The van der Waals surface area contributed by atoms with Crippen molar-refractivity contribution in [2.24, 2.45) is 0 Å². The fraction of sp³-hybridized carbons (Fsp3) is 0.200. The molecule has 0 aliphatic rings. The highest BCUT2D eigenvalue weighted by Crippen LogP contribution is 2.19. The van der Waals surface area contributed by atoms with Gasteiger partial charge in [0.1, 0.15) is 11.0 Å². The molecule has 0 saturated carbocycles. The quantitative estimate of drug-likeness (QED) is 0.843. The van der Waals surface area contributed by atoms with E-state index < -0.39 is 10.0 Å². The first-order chi connectivity index (χ1) is 8.38. The zero-order chi connectivity index (χ0) is 13.3. The van der Waals surface area contributed by atoms with Gasteiger partial charge < -0.3 is 4.98 Å². The Morgan fingerprint density at radius 1 is 1.33 bits per heavy atom. The van der Waals surface area contributed by atoms with E-state index in [0.29, 0.717) is 22.4 Å². The van der Waals surface area contributed by atoms with Gasteiger partial charge in [0.2, 0.25) is 0 Å². The van der Waals surface area contributed by atoms with E-state index in [-0.39, 0.29) is 5.03 Å². The number of H-pyrrole nitrogens is 1. The second-order valence-corrected chi connectivity index (χ2v) is 5.74. The summed E-state index contributed by atoms with van der Waals surface area (Å²) < 4.78 is 26.4. The molecule has 0 fully saturated rings. The van der Waals surface area contributed by atoms with Gasteiger partial charge in [0, 0.05) is 0 Å². The number of aryl methyl sites for hydroxylation is 2. The van der Waals surface area contributed by atoms with Crippen molar-refractivity contribution in [2.75, 3.05) is 4.72 Å². The summed E-state index contributed by atoms with van der Waals surface area (Å²) in [6, 6.07) is 3.08. The molecule has 0 spiro atoms. The van der Waals surface area contributed by atoms with Gasteiger partial charge in [-0.3, -0.25) is 4.72 Å². The van der Waals surface area contributed by atoms with Crippen molar-refractivity contribution in [1.29, 1.82) is 0 Å². The molecule has 0 aromatic carbocycles. The number of halogens is 1.